The Hall–Kier alpha value is -1.06. The fraction of sp³-hybridized carbons (Fsp3) is 0.571. The first kappa shape index (κ1) is 12.4. The Morgan fingerprint density at radius 1 is 1.41 bits per heavy atom. The number of hydrogen-bond acceptors (Lipinski definition) is 3. The third-order valence-electron chi connectivity index (χ3n) is 3.53. The maximum atomic E-state index is 5.74. The number of rotatable bonds is 4. The highest BCUT2D eigenvalue weighted by atomic mass is 16.3. The van der Waals surface area contributed by atoms with E-state index in [9.17, 15) is 0 Å². The minimum absolute atomic E-state index is 0.127. The van der Waals surface area contributed by atoms with E-state index in [1.54, 1.807) is 6.26 Å². The second kappa shape index (κ2) is 6.03. The van der Waals surface area contributed by atoms with Crippen LogP contribution in [0.1, 0.15) is 56.4 Å². The molecule has 0 aliphatic heterocycles. The summed E-state index contributed by atoms with van der Waals surface area (Å²) in [6, 6.07) is 2.16. The van der Waals surface area contributed by atoms with E-state index in [0.29, 0.717) is 0 Å². The van der Waals surface area contributed by atoms with Gasteiger partial charge in [-0.2, -0.15) is 0 Å². The van der Waals surface area contributed by atoms with Crippen molar-refractivity contribution in [2.45, 2.75) is 51.5 Å². The lowest BCUT2D eigenvalue weighted by atomic mass is 9.95. The molecule has 94 valence electrons. The van der Waals surface area contributed by atoms with Gasteiger partial charge in [0.25, 0.3) is 0 Å². The number of nitrogens with one attached hydrogen (secondary N) is 1. The first-order chi connectivity index (χ1) is 8.36. The molecule has 1 aromatic rings. The summed E-state index contributed by atoms with van der Waals surface area (Å²) in [5.41, 5.74) is 5.56. The number of furan rings is 1. The summed E-state index contributed by atoms with van der Waals surface area (Å²) >= 11 is 0. The van der Waals surface area contributed by atoms with Crippen LogP contribution in [0.3, 0.4) is 0 Å². The van der Waals surface area contributed by atoms with E-state index < -0.39 is 0 Å². The molecule has 1 unspecified atom stereocenters. The van der Waals surface area contributed by atoms with Crippen molar-refractivity contribution in [3.8, 4) is 0 Å². The van der Waals surface area contributed by atoms with Gasteiger partial charge in [-0.25, -0.2) is 5.43 Å². The molecule has 3 heteroatoms. The molecule has 1 aliphatic carbocycles. The van der Waals surface area contributed by atoms with Gasteiger partial charge in [-0.05, 0) is 31.7 Å². The van der Waals surface area contributed by atoms with Gasteiger partial charge in [-0.15, -0.1) is 0 Å². The van der Waals surface area contributed by atoms with Crippen LogP contribution in [0.15, 0.2) is 28.4 Å². The molecular formula is C14H22N2O. The first-order valence-corrected chi connectivity index (χ1v) is 6.58. The highest BCUT2D eigenvalue weighted by Crippen LogP contribution is 2.31. The van der Waals surface area contributed by atoms with Crippen molar-refractivity contribution in [3.05, 3.63) is 35.3 Å². The standard InChI is InChI=1S/C14H22N2O/c1-2-13-12(9-10-17-13)14(16-15)11-7-5-3-4-6-8-11/h7,9-10,14,16H,2-6,8,15H2,1H3. The van der Waals surface area contributed by atoms with Gasteiger partial charge < -0.3 is 4.42 Å². The molecular weight excluding hydrogens is 212 g/mol. The van der Waals surface area contributed by atoms with Crippen LogP contribution in [0.5, 0.6) is 0 Å². The van der Waals surface area contributed by atoms with Gasteiger partial charge in [-0.1, -0.05) is 25.0 Å². The van der Waals surface area contributed by atoms with E-state index in [1.165, 1.54) is 36.8 Å². The molecule has 2 rings (SSSR count). The summed E-state index contributed by atoms with van der Waals surface area (Å²) in [5, 5.41) is 0. The fourth-order valence-electron chi connectivity index (χ4n) is 2.59. The zero-order valence-corrected chi connectivity index (χ0v) is 10.5. The Labute approximate surface area is 103 Å². The number of hydrazine groups is 1. The van der Waals surface area contributed by atoms with E-state index in [1.807, 2.05) is 6.07 Å². The van der Waals surface area contributed by atoms with Gasteiger partial charge >= 0.3 is 0 Å². The Balaban J connectivity index is 2.23. The van der Waals surface area contributed by atoms with Crippen molar-refractivity contribution >= 4 is 0 Å². The van der Waals surface area contributed by atoms with E-state index in [-0.39, 0.29) is 6.04 Å². The molecule has 1 aliphatic rings. The number of hydrogen-bond donors (Lipinski definition) is 2. The molecule has 0 radical (unpaired) electrons. The summed E-state index contributed by atoms with van der Waals surface area (Å²) in [6.07, 6.45) is 11.2. The Bertz CT molecular complexity index is 381. The van der Waals surface area contributed by atoms with Crippen molar-refractivity contribution in [1.29, 1.82) is 0 Å². The van der Waals surface area contributed by atoms with Crippen LogP contribution < -0.4 is 11.3 Å². The van der Waals surface area contributed by atoms with Crippen molar-refractivity contribution in [2.75, 3.05) is 0 Å². The summed E-state index contributed by atoms with van der Waals surface area (Å²) in [7, 11) is 0. The van der Waals surface area contributed by atoms with Gasteiger partial charge in [0, 0.05) is 12.0 Å². The molecule has 0 saturated carbocycles. The smallest absolute Gasteiger partial charge is 0.108 e. The molecule has 17 heavy (non-hydrogen) atoms. The van der Waals surface area contributed by atoms with Gasteiger partial charge in [0.1, 0.15) is 5.76 Å². The Morgan fingerprint density at radius 3 is 3.06 bits per heavy atom. The van der Waals surface area contributed by atoms with Crippen molar-refractivity contribution in [3.63, 3.8) is 0 Å². The van der Waals surface area contributed by atoms with E-state index >= 15 is 0 Å². The minimum Gasteiger partial charge on any atom is -0.469 e. The lowest BCUT2D eigenvalue weighted by Gasteiger charge is -2.19. The molecule has 3 N–H and O–H groups in total. The number of aryl methyl sites for hydroxylation is 1. The minimum atomic E-state index is 0.127. The lowest BCUT2D eigenvalue weighted by Crippen LogP contribution is -2.29. The molecule has 1 aromatic heterocycles. The second-order valence-corrected chi connectivity index (χ2v) is 4.63. The van der Waals surface area contributed by atoms with Gasteiger partial charge in [0.05, 0.1) is 12.3 Å². The first-order valence-electron chi connectivity index (χ1n) is 6.58. The monoisotopic (exact) mass is 234 g/mol. The molecule has 0 spiro atoms. The maximum Gasteiger partial charge on any atom is 0.108 e. The molecule has 0 fully saturated rings. The van der Waals surface area contributed by atoms with Crippen LogP contribution in [0.4, 0.5) is 0 Å². The maximum absolute atomic E-state index is 5.74. The summed E-state index contributed by atoms with van der Waals surface area (Å²) in [6.45, 7) is 2.11. The second-order valence-electron chi connectivity index (χ2n) is 4.63. The number of allylic oxidation sites excluding steroid dienone is 1. The lowest BCUT2D eigenvalue weighted by molar-refractivity contribution is 0.498. The zero-order chi connectivity index (χ0) is 12.1. The van der Waals surface area contributed by atoms with Crippen molar-refractivity contribution in [1.82, 2.24) is 5.43 Å². The third kappa shape index (κ3) is 2.79. The molecule has 0 saturated heterocycles. The molecule has 0 bridgehead atoms. The SMILES string of the molecule is CCc1occc1C(NN)C1=CCCCCC1. The predicted molar refractivity (Wildman–Crippen MR) is 69.3 cm³/mol. The van der Waals surface area contributed by atoms with Gasteiger partial charge in [0.15, 0.2) is 0 Å². The fourth-order valence-corrected chi connectivity index (χ4v) is 2.59. The molecule has 0 amide bonds. The normalized spacial score (nSPS) is 18.6. The number of nitrogens with two attached hydrogens (primary N) is 1. The Kier molecular flexibility index (Phi) is 4.40. The average Bonchev–Trinajstić information content (AvgIpc) is 2.65. The summed E-state index contributed by atoms with van der Waals surface area (Å²) < 4.78 is 5.50. The van der Waals surface area contributed by atoms with Crippen LogP contribution in [0, 0.1) is 0 Å². The van der Waals surface area contributed by atoms with E-state index in [2.05, 4.69) is 18.4 Å². The predicted octanol–water partition coefficient (Wildman–Crippen LogP) is 3.24. The molecule has 0 aromatic carbocycles. The quantitative estimate of drug-likeness (QED) is 0.477. The van der Waals surface area contributed by atoms with Crippen LogP contribution in [-0.2, 0) is 6.42 Å². The van der Waals surface area contributed by atoms with E-state index in [4.69, 9.17) is 10.3 Å². The highest BCUT2D eigenvalue weighted by Gasteiger charge is 2.20. The summed E-state index contributed by atoms with van der Waals surface area (Å²) in [4.78, 5) is 0. The van der Waals surface area contributed by atoms with Crippen LogP contribution in [0.25, 0.3) is 0 Å². The molecule has 1 heterocycles. The van der Waals surface area contributed by atoms with Crippen LogP contribution in [-0.4, -0.2) is 0 Å². The summed E-state index contributed by atoms with van der Waals surface area (Å²) in [5.74, 6) is 6.78. The Morgan fingerprint density at radius 2 is 2.29 bits per heavy atom. The highest BCUT2D eigenvalue weighted by molar-refractivity contribution is 5.30. The third-order valence-corrected chi connectivity index (χ3v) is 3.53. The van der Waals surface area contributed by atoms with Gasteiger partial charge in [-0.3, -0.25) is 5.84 Å². The molecule has 1 atom stereocenters. The zero-order valence-electron chi connectivity index (χ0n) is 10.5. The average molecular weight is 234 g/mol. The van der Waals surface area contributed by atoms with Crippen LogP contribution >= 0.6 is 0 Å². The largest absolute Gasteiger partial charge is 0.469 e. The topological polar surface area (TPSA) is 51.2 Å². The van der Waals surface area contributed by atoms with Crippen molar-refractivity contribution in [2.24, 2.45) is 5.84 Å². The van der Waals surface area contributed by atoms with Crippen molar-refractivity contribution < 1.29 is 4.42 Å². The van der Waals surface area contributed by atoms with Gasteiger partial charge in [0.2, 0.25) is 0 Å². The molecule has 3 nitrogen and oxygen atoms in total. The van der Waals surface area contributed by atoms with E-state index in [0.717, 1.165) is 18.6 Å². The van der Waals surface area contributed by atoms with Crippen LogP contribution in [0.2, 0.25) is 0 Å².